The van der Waals surface area contributed by atoms with E-state index in [1.54, 1.807) is 12.0 Å². The van der Waals surface area contributed by atoms with E-state index in [1.807, 2.05) is 24.3 Å². The molecule has 1 aromatic heterocycles. The van der Waals surface area contributed by atoms with E-state index in [1.165, 1.54) is 0 Å². The lowest BCUT2D eigenvalue weighted by Gasteiger charge is -2.26. The maximum Gasteiger partial charge on any atom is 0.315 e. The van der Waals surface area contributed by atoms with Crippen LogP contribution in [0.1, 0.15) is 22.1 Å². The van der Waals surface area contributed by atoms with Crippen molar-refractivity contribution in [3.63, 3.8) is 0 Å². The Morgan fingerprint density at radius 1 is 1.22 bits per heavy atom. The molecule has 1 aromatic carbocycles. The highest BCUT2D eigenvalue weighted by Gasteiger charge is 2.21. The molecule has 27 heavy (non-hydrogen) atoms. The zero-order valence-electron chi connectivity index (χ0n) is 15.1. The third-order valence-corrected chi connectivity index (χ3v) is 4.19. The van der Waals surface area contributed by atoms with Crippen LogP contribution < -0.4 is 10.1 Å². The molecule has 1 N–H and O–H groups in total. The molecule has 0 aliphatic carbocycles. The maximum absolute atomic E-state index is 12.2. The summed E-state index contributed by atoms with van der Waals surface area (Å²) in [5, 5.41) is 6.45. The zero-order valence-corrected chi connectivity index (χ0v) is 15.1. The van der Waals surface area contributed by atoms with Gasteiger partial charge in [0, 0.05) is 19.6 Å². The van der Waals surface area contributed by atoms with Crippen molar-refractivity contribution in [3.8, 4) is 5.75 Å². The van der Waals surface area contributed by atoms with Crippen molar-refractivity contribution in [2.45, 2.75) is 12.8 Å². The van der Waals surface area contributed by atoms with Crippen molar-refractivity contribution in [2.24, 2.45) is 0 Å². The molecule has 2 amide bonds. The number of nitrogens with one attached hydrogen (secondary N) is 1. The summed E-state index contributed by atoms with van der Waals surface area (Å²) in [7, 11) is 1.61. The lowest BCUT2D eigenvalue weighted by Crippen LogP contribution is -2.41. The number of hydrogen-bond donors (Lipinski definition) is 1. The van der Waals surface area contributed by atoms with Crippen molar-refractivity contribution in [3.05, 3.63) is 41.5 Å². The molecule has 1 aliphatic heterocycles. The number of morpholine rings is 1. The zero-order chi connectivity index (χ0) is 19.1. The van der Waals surface area contributed by atoms with Crippen LogP contribution in [-0.2, 0) is 22.4 Å². The number of hydrogen-bond acceptors (Lipinski definition) is 7. The highest BCUT2D eigenvalue weighted by molar-refractivity contribution is 5.89. The molecule has 3 rings (SSSR count). The number of aromatic nitrogens is 2. The first-order chi connectivity index (χ1) is 13.2. The SMILES string of the molecule is COc1ccc(CCNC(=O)c2nc(CC(=O)N3CCOCC3)no2)cc1. The van der Waals surface area contributed by atoms with E-state index in [0.29, 0.717) is 39.3 Å². The average molecular weight is 374 g/mol. The summed E-state index contributed by atoms with van der Waals surface area (Å²) in [5.74, 6) is 0.278. The van der Waals surface area contributed by atoms with E-state index in [-0.39, 0.29) is 24.0 Å². The van der Waals surface area contributed by atoms with Crippen LogP contribution in [0.5, 0.6) is 5.75 Å². The summed E-state index contributed by atoms with van der Waals surface area (Å²) >= 11 is 0. The molecule has 144 valence electrons. The minimum Gasteiger partial charge on any atom is -0.497 e. The average Bonchev–Trinajstić information content (AvgIpc) is 3.17. The molecule has 9 nitrogen and oxygen atoms in total. The van der Waals surface area contributed by atoms with Gasteiger partial charge in [0.2, 0.25) is 5.91 Å². The predicted octanol–water partition coefficient (Wildman–Crippen LogP) is 0.452. The van der Waals surface area contributed by atoms with Crippen molar-refractivity contribution >= 4 is 11.8 Å². The van der Waals surface area contributed by atoms with Crippen LogP contribution in [0.2, 0.25) is 0 Å². The number of ether oxygens (including phenoxy) is 2. The molecule has 0 atom stereocenters. The standard InChI is InChI=1S/C18H22N4O5/c1-25-14-4-2-13(3-5-14)6-7-19-17(24)18-20-15(21-27-18)12-16(23)22-8-10-26-11-9-22/h2-5H,6-12H2,1H3,(H,19,24). The highest BCUT2D eigenvalue weighted by atomic mass is 16.5. The first-order valence-electron chi connectivity index (χ1n) is 8.75. The molecule has 0 unspecified atom stereocenters. The minimum atomic E-state index is -0.457. The second-order valence-corrected chi connectivity index (χ2v) is 6.04. The van der Waals surface area contributed by atoms with Gasteiger partial charge in [-0.2, -0.15) is 4.98 Å². The summed E-state index contributed by atoms with van der Waals surface area (Å²) in [5.41, 5.74) is 1.07. The lowest BCUT2D eigenvalue weighted by atomic mass is 10.1. The van der Waals surface area contributed by atoms with Crippen molar-refractivity contribution in [1.82, 2.24) is 20.4 Å². The van der Waals surface area contributed by atoms with Gasteiger partial charge in [-0.1, -0.05) is 17.3 Å². The first-order valence-corrected chi connectivity index (χ1v) is 8.75. The normalized spacial score (nSPS) is 14.0. The summed E-state index contributed by atoms with van der Waals surface area (Å²) in [6.45, 7) is 2.58. The number of amides is 2. The van der Waals surface area contributed by atoms with Crippen LogP contribution in [0.4, 0.5) is 0 Å². The molecule has 0 radical (unpaired) electrons. The number of rotatable bonds is 7. The summed E-state index contributed by atoms with van der Waals surface area (Å²) in [6, 6.07) is 7.61. The summed E-state index contributed by atoms with van der Waals surface area (Å²) in [6.07, 6.45) is 0.662. The van der Waals surface area contributed by atoms with Gasteiger partial charge in [-0.15, -0.1) is 0 Å². The molecular weight excluding hydrogens is 352 g/mol. The Balaban J connectivity index is 1.45. The van der Waals surface area contributed by atoms with Crippen LogP contribution in [0.25, 0.3) is 0 Å². The number of carbonyl (C=O) groups is 2. The molecular formula is C18H22N4O5. The van der Waals surface area contributed by atoms with Crippen LogP contribution in [0.15, 0.2) is 28.8 Å². The Morgan fingerprint density at radius 2 is 1.96 bits per heavy atom. The quantitative estimate of drug-likeness (QED) is 0.750. The van der Waals surface area contributed by atoms with Crippen molar-refractivity contribution < 1.29 is 23.6 Å². The fourth-order valence-corrected chi connectivity index (χ4v) is 2.67. The lowest BCUT2D eigenvalue weighted by molar-refractivity contribution is -0.134. The molecule has 1 aliphatic rings. The van der Waals surface area contributed by atoms with Crippen LogP contribution in [0, 0.1) is 0 Å². The molecule has 0 bridgehead atoms. The minimum absolute atomic E-state index is 0.00261. The molecule has 0 spiro atoms. The Kier molecular flexibility index (Phi) is 6.37. The second-order valence-electron chi connectivity index (χ2n) is 6.04. The third kappa shape index (κ3) is 5.27. The van der Waals surface area contributed by atoms with Crippen LogP contribution >= 0.6 is 0 Å². The van der Waals surface area contributed by atoms with Crippen LogP contribution in [0.3, 0.4) is 0 Å². The monoisotopic (exact) mass is 374 g/mol. The van der Waals surface area contributed by atoms with E-state index in [9.17, 15) is 9.59 Å². The largest absolute Gasteiger partial charge is 0.497 e. The van der Waals surface area contributed by atoms with Crippen molar-refractivity contribution in [2.75, 3.05) is 40.0 Å². The van der Waals surface area contributed by atoms with Gasteiger partial charge >= 0.3 is 11.8 Å². The predicted molar refractivity (Wildman–Crippen MR) is 94.4 cm³/mol. The smallest absolute Gasteiger partial charge is 0.315 e. The Hall–Kier alpha value is -2.94. The Morgan fingerprint density at radius 3 is 2.67 bits per heavy atom. The van der Waals surface area contributed by atoms with Gasteiger partial charge in [-0.05, 0) is 24.1 Å². The summed E-state index contributed by atoms with van der Waals surface area (Å²) in [4.78, 5) is 30.0. The number of carbonyl (C=O) groups excluding carboxylic acids is 2. The number of nitrogens with zero attached hydrogens (tertiary/aromatic N) is 3. The van der Waals surface area contributed by atoms with Gasteiger partial charge in [0.25, 0.3) is 0 Å². The second kappa shape index (κ2) is 9.13. The topological polar surface area (TPSA) is 107 Å². The van der Waals surface area contributed by atoms with E-state index in [4.69, 9.17) is 14.0 Å². The third-order valence-electron chi connectivity index (χ3n) is 4.19. The van der Waals surface area contributed by atoms with Gasteiger partial charge in [-0.3, -0.25) is 9.59 Å². The Labute approximate surface area is 156 Å². The number of methoxy groups -OCH3 is 1. The van der Waals surface area contributed by atoms with Gasteiger partial charge in [0.05, 0.1) is 26.7 Å². The molecule has 1 saturated heterocycles. The van der Waals surface area contributed by atoms with Gasteiger partial charge in [-0.25, -0.2) is 0 Å². The Bertz CT molecular complexity index is 768. The van der Waals surface area contributed by atoms with E-state index in [2.05, 4.69) is 15.5 Å². The van der Waals surface area contributed by atoms with Crippen molar-refractivity contribution in [1.29, 1.82) is 0 Å². The molecule has 9 heteroatoms. The highest BCUT2D eigenvalue weighted by Crippen LogP contribution is 2.11. The van der Waals surface area contributed by atoms with E-state index >= 15 is 0 Å². The molecule has 2 aromatic rings. The molecule has 2 heterocycles. The maximum atomic E-state index is 12.2. The summed E-state index contributed by atoms with van der Waals surface area (Å²) < 4.78 is 15.3. The fourth-order valence-electron chi connectivity index (χ4n) is 2.67. The number of benzene rings is 1. The van der Waals surface area contributed by atoms with Gasteiger partial charge < -0.3 is 24.2 Å². The van der Waals surface area contributed by atoms with Gasteiger partial charge in [0.15, 0.2) is 5.82 Å². The van der Waals surface area contributed by atoms with E-state index in [0.717, 1.165) is 11.3 Å². The fraction of sp³-hybridized carbons (Fsp3) is 0.444. The molecule has 0 saturated carbocycles. The van der Waals surface area contributed by atoms with E-state index < -0.39 is 5.91 Å². The van der Waals surface area contributed by atoms with Gasteiger partial charge in [0.1, 0.15) is 5.75 Å². The molecule has 1 fully saturated rings. The first kappa shape index (κ1) is 18.8. The van der Waals surface area contributed by atoms with Crippen LogP contribution in [-0.4, -0.2) is 66.8 Å².